The van der Waals surface area contributed by atoms with Gasteiger partial charge >= 0.3 is 12.1 Å². The van der Waals surface area contributed by atoms with Gasteiger partial charge in [0.1, 0.15) is 0 Å². The zero-order valence-electron chi connectivity index (χ0n) is 18.0. The highest BCUT2D eigenvalue weighted by Crippen LogP contribution is 2.30. The van der Waals surface area contributed by atoms with Crippen molar-refractivity contribution in [1.29, 1.82) is 0 Å². The van der Waals surface area contributed by atoms with E-state index in [9.17, 15) is 27.6 Å². The van der Waals surface area contributed by atoms with Gasteiger partial charge in [-0.25, -0.2) is 4.79 Å². The van der Waals surface area contributed by atoms with E-state index in [4.69, 9.17) is 4.74 Å². The van der Waals surface area contributed by atoms with Crippen LogP contribution in [0, 0.1) is 0 Å². The summed E-state index contributed by atoms with van der Waals surface area (Å²) in [6.45, 7) is 1.40. The lowest BCUT2D eigenvalue weighted by molar-refractivity contribution is -0.149. The quantitative estimate of drug-likeness (QED) is 0.269. The lowest BCUT2D eigenvalue weighted by Gasteiger charge is -2.17. The Labute approximate surface area is 193 Å². The molecule has 1 N–H and O–H groups in total. The molecule has 0 spiro atoms. The molecule has 3 aromatic carbocycles. The molecule has 0 saturated carbocycles. The van der Waals surface area contributed by atoms with Gasteiger partial charge in [0.2, 0.25) is 6.10 Å². The number of hydrogen-bond acceptors (Lipinski definition) is 4. The van der Waals surface area contributed by atoms with Crippen LogP contribution in [0.2, 0.25) is 0 Å². The Kier molecular flexibility index (Phi) is 7.63. The summed E-state index contributed by atoms with van der Waals surface area (Å²) >= 11 is 0. The normalized spacial score (nSPS) is 12.2. The molecule has 0 aliphatic rings. The van der Waals surface area contributed by atoms with Crippen LogP contribution in [-0.2, 0) is 20.5 Å². The summed E-state index contributed by atoms with van der Waals surface area (Å²) in [6.07, 6.45) is -3.72. The highest BCUT2D eigenvalue weighted by atomic mass is 19.4. The van der Waals surface area contributed by atoms with Crippen molar-refractivity contribution in [1.82, 2.24) is 0 Å². The number of alkyl halides is 3. The molecule has 0 aliphatic heterocycles. The van der Waals surface area contributed by atoms with Crippen molar-refractivity contribution < 1.29 is 32.3 Å². The van der Waals surface area contributed by atoms with Crippen LogP contribution in [0.3, 0.4) is 0 Å². The molecule has 0 radical (unpaired) electrons. The molecule has 0 fully saturated rings. The molecular weight excluding hydrogens is 447 g/mol. The average molecular weight is 467 g/mol. The predicted molar refractivity (Wildman–Crippen MR) is 121 cm³/mol. The number of anilines is 1. The lowest BCUT2D eigenvalue weighted by atomic mass is 10.1. The van der Waals surface area contributed by atoms with Crippen LogP contribution < -0.4 is 5.32 Å². The van der Waals surface area contributed by atoms with E-state index in [1.54, 1.807) is 48.5 Å². The van der Waals surface area contributed by atoms with Crippen molar-refractivity contribution in [2.24, 2.45) is 0 Å². The highest BCUT2D eigenvalue weighted by molar-refractivity contribution is 5.99. The standard InChI is InChI=1S/C26H20F3NO4/c1-17(31)20-10-6-12-22(16-20)30-25(33)24(19-8-3-2-4-9-19)34-23(32)14-13-18-7-5-11-21(15-18)26(27,28)29/h2-16,24H,1H3,(H,30,33)/b14-13+/t24-/m0/s1. The zero-order chi connectivity index (χ0) is 24.7. The predicted octanol–water partition coefficient (Wildman–Crippen LogP) is 5.84. The minimum atomic E-state index is -4.51. The second-order valence-electron chi connectivity index (χ2n) is 7.31. The van der Waals surface area contributed by atoms with E-state index in [-0.39, 0.29) is 11.3 Å². The Balaban J connectivity index is 1.78. The highest BCUT2D eigenvalue weighted by Gasteiger charge is 2.30. The van der Waals surface area contributed by atoms with E-state index in [0.717, 1.165) is 18.2 Å². The summed E-state index contributed by atoms with van der Waals surface area (Å²) in [5.41, 5.74) is 0.429. The van der Waals surface area contributed by atoms with Crippen molar-refractivity contribution in [2.45, 2.75) is 19.2 Å². The number of amides is 1. The van der Waals surface area contributed by atoms with Gasteiger partial charge in [-0.1, -0.05) is 54.6 Å². The monoisotopic (exact) mass is 467 g/mol. The smallest absolute Gasteiger partial charge is 0.416 e. The van der Waals surface area contributed by atoms with Gasteiger partial charge in [0.15, 0.2) is 5.78 Å². The lowest BCUT2D eigenvalue weighted by Crippen LogP contribution is -2.25. The fourth-order valence-electron chi connectivity index (χ4n) is 3.06. The first-order chi connectivity index (χ1) is 16.1. The first-order valence-corrected chi connectivity index (χ1v) is 10.2. The van der Waals surface area contributed by atoms with Crippen molar-refractivity contribution in [3.63, 3.8) is 0 Å². The fourth-order valence-corrected chi connectivity index (χ4v) is 3.06. The van der Waals surface area contributed by atoms with Gasteiger partial charge in [-0.3, -0.25) is 9.59 Å². The molecule has 0 aliphatic carbocycles. The van der Waals surface area contributed by atoms with Crippen molar-refractivity contribution in [3.8, 4) is 0 Å². The average Bonchev–Trinajstić information content (AvgIpc) is 2.81. The number of halogens is 3. The van der Waals surface area contributed by atoms with E-state index < -0.39 is 29.7 Å². The topological polar surface area (TPSA) is 72.5 Å². The number of carbonyl (C=O) groups excluding carboxylic acids is 3. The molecule has 0 aromatic heterocycles. The maximum absolute atomic E-state index is 12.9. The molecule has 0 unspecified atom stereocenters. The third-order valence-electron chi connectivity index (χ3n) is 4.74. The minimum absolute atomic E-state index is 0.147. The molecule has 174 valence electrons. The van der Waals surface area contributed by atoms with Gasteiger partial charge in [0, 0.05) is 22.9 Å². The third-order valence-corrected chi connectivity index (χ3v) is 4.74. The number of rotatable bonds is 7. The van der Waals surface area contributed by atoms with E-state index in [1.807, 2.05) is 0 Å². The number of benzene rings is 3. The fraction of sp³-hybridized carbons (Fsp3) is 0.115. The van der Waals surface area contributed by atoms with E-state index in [0.29, 0.717) is 16.8 Å². The van der Waals surface area contributed by atoms with Crippen LogP contribution in [0.5, 0.6) is 0 Å². The molecule has 3 aromatic rings. The minimum Gasteiger partial charge on any atom is -0.444 e. The van der Waals surface area contributed by atoms with Crippen LogP contribution in [-0.4, -0.2) is 17.7 Å². The number of ether oxygens (including phenoxy) is 1. The van der Waals surface area contributed by atoms with Gasteiger partial charge in [-0.2, -0.15) is 13.2 Å². The Morgan fingerprint density at radius 3 is 2.29 bits per heavy atom. The van der Waals surface area contributed by atoms with Crippen LogP contribution in [0.1, 0.15) is 40.1 Å². The number of hydrogen-bond donors (Lipinski definition) is 1. The largest absolute Gasteiger partial charge is 0.444 e. The van der Waals surface area contributed by atoms with Gasteiger partial charge < -0.3 is 10.1 Å². The second-order valence-corrected chi connectivity index (χ2v) is 7.31. The van der Waals surface area contributed by atoms with Crippen molar-refractivity contribution in [3.05, 3.63) is 107 Å². The number of carbonyl (C=O) groups is 3. The molecule has 0 bridgehead atoms. The van der Waals surface area contributed by atoms with Crippen LogP contribution >= 0.6 is 0 Å². The van der Waals surface area contributed by atoms with Crippen LogP contribution in [0.25, 0.3) is 6.08 Å². The number of Topliss-reactive ketones (excluding diaryl/α,β-unsaturated/α-hetero) is 1. The summed E-state index contributed by atoms with van der Waals surface area (Å²) in [7, 11) is 0. The number of esters is 1. The van der Waals surface area contributed by atoms with E-state index >= 15 is 0 Å². The number of nitrogens with one attached hydrogen (secondary N) is 1. The van der Waals surface area contributed by atoms with E-state index in [2.05, 4.69) is 5.32 Å². The summed E-state index contributed by atoms with van der Waals surface area (Å²) in [5.74, 6) is -1.76. The Bertz CT molecular complexity index is 1220. The maximum Gasteiger partial charge on any atom is 0.416 e. The zero-order valence-corrected chi connectivity index (χ0v) is 18.0. The first kappa shape index (κ1) is 24.4. The van der Waals surface area contributed by atoms with Crippen molar-refractivity contribution >= 4 is 29.4 Å². The molecule has 34 heavy (non-hydrogen) atoms. The van der Waals surface area contributed by atoms with Gasteiger partial charge in [0.25, 0.3) is 5.91 Å². The molecule has 1 atom stereocenters. The molecule has 0 heterocycles. The van der Waals surface area contributed by atoms with Gasteiger partial charge in [-0.15, -0.1) is 0 Å². The van der Waals surface area contributed by atoms with E-state index in [1.165, 1.54) is 31.2 Å². The maximum atomic E-state index is 12.9. The second kappa shape index (κ2) is 10.6. The summed E-state index contributed by atoms with van der Waals surface area (Å²) < 4.78 is 44.0. The molecule has 1 amide bonds. The number of ketones is 1. The third kappa shape index (κ3) is 6.65. The van der Waals surface area contributed by atoms with Crippen molar-refractivity contribution in [2.75, 3.05) is 5.32 Å². The summed E-state index contributed by atoms with van der Waals surface area (Å²) in [5, 5.41) is 2.62. The Hall–Kier alpha value is -4.20. The molecular formula is C26H20F3NO4. The SMILES string of the molecule is CC(=O)c1cccc(NC(=O)[C@@H](OC(=O)/C=C/c2cccc(C(F)(F)F)c2)c2ccccc2)c1. The molecule has 3 rings (SSSR count). The molecule has 0 saturated heterocycles. The Morgan fingerprint density at radius 2 is 1.62 bits per heavy atom. The molecule has 8 heteroatoms. The van der Waals surface area contributed by atoms with Gasteiger partial charge in [-0.05, 0) is 42.8 Å². The first-order valence-electron chi connectivity index (χ1n) is 10.2. The summed E-state index contributed by atoms with van der Waals surface area (Å²) in [4.78, 5) is 37.0. The summed E-state index contributed by atoms with van der Waals surface area (Å²) in [6, 6.07) is 19.0. The molecule has 5 nitrogen and oxygen atoms in total. The van der Waals surface area contributed by atoms with Crippen LogP contribution in [0.4, 0.5) is 18.9 Å². The van der Waals surface area contributed by atoms with Crippen LogP contribution in [0.15, 0.2) is 84.9 Å². The van der Waals surface area contributed by atoms with Gasteiger partial charge in [0.05, 0.1) is 5.56 Å². The Morgan fingerprint density at radius 1 is 0.912 bits per heavy atom.